The Balaban J connectivity index is 2.34. The van der Waals surface area contributed by atoms with E-state index in [9.17, 15) is 9.59 Å². The van der Waals surface area contributed by atoms with E-state index in [0.29, 0.717) is 5.82 Å². The van der Waals surface area contributed by atoms with E-state index in [1.165, 1.54) is 10.8 Å². The van der Waals surface area contributed by atoms with Crippen LogP contribution in [-0.4, -0.2) is 21.5 Å². The van der Waals surface area contributed by atoms with Gasteiger partial charge in [-0.2, -0.15) is 5.10 Å². The molecule has 1 aliphatic heterocycles. The molecule has 0 saturated heterocycles. The number of ketones is 1. The highest BCUT2D eigenvalue weighted by Gasteiger charge is 2.17. The minimum atomic E-state index is -0.294. The molecule has 5 nitrogen and oxygen atoms in total. The summed E-state index contributed by atoms with van der Waals surface area (Å²) in [6.45, 7) is 0. The summed E-state index contributed by atoms with van der Waals surface area (Å²) in [6.07, 6.45) is 4.52. The molecule has 1 N–H and O–H groups in total. The maximum absolute atomic E-state index is 11.0. The maximum atomic E-state index is 11.0. The first kappa shape index (κ1) is 7.72. The molecular formula is C8H7N3O2. The van der Waals surface area contributed by atoms with Gasteiger partial charge in [-0.05, 0) is 6.07 Å². The minimum Gasteiger partial charge on any atom is -0.310 e. The molecule has 1 aromatic heterocycles. The van der Waals surface area contributed by atoms with Crippen LogP contribution in [0.5, 0.6) is 0 Å². The van der Waals surface area contributed by atoms with Gasteiger partial charge in [-0.25, -0.2) is 4.68 Å². The van der Waals surface area contributed by atoms with Gasteiger partial charge in [0.2, 0.25) is 5.91 Å². The van der Waals surface area contributed by atoms with E-state index in [2.05, 4.69) is 10.4 Å². The van der Waals surface area contributed by atoms with Gasteiger partial charge in [-0.1, -0.05) is 0 Å². The van der Waals surface area contributed by atoms with Crippen LogP contribution in [0, 0.1) is 0 Å². The van der Waals surface area contributed by atoms with Gasteiger partial charge in [-0.15, -0.1) is 0 Å². The van der Waals surface area contributed by atoms with Crippen LogP contribution in [0.4, 0.5) is 0 Å². The van der Waals surface area contributed by atoms with Gasteiger partial charge in [0.15, 0.2) is 5.78 Å². The molecule has 2 heterocycles. The highest BCUT2D eigenvalue weighted by atomic mass is 16.2. The van der Waals surface area contributed by atoms with Crippen molar-refractivity contribution in [3.8, 4) is 0 Å². The number of carbonyl (C=O) groups is 2. The molecule has 0 unspecified atom stereocenters. The molecular weight excluding hydrogens is 170 g/mol. The number of nitrogens with zero attached hydrogens (tertiary/aromatic N) is 2. The van der Waals surface area contributed by atoms with Crippen LogP contribution in [-0.2, 0) is 9.59 Å². The van der Waals surface area contributed by atoms with Gasteiger partial charge < -0.3 is 5.32 Å². The molecule has 2 rings (SSSR count). The molecule has 1 amide bonds. The molecule has 66 valence electrons. The monoisotopic (exact) mass is 177 g/mol. The second kappa shape index (κ2) is 2.85. The van der Waals surface area contributed by atoms with Crippen LogP contribution < -0.4 is 5.32 Å². The molecule has 0 fully saturated rings. The first-order valence-corrected chi connectivity index (χ1v) is 3.80. The largest absolute Gasteiger partial charge is 0.310 e. The zero-order valence-corrected chi connectivity index (χ0v) is 6.73. The fraction of sp³-hybridized carbons (Fsp3) is 0.125. The summed E-state index contributed by atoms with van der Waals surface area (Å²) in [6, 6.07) is 1.71. The minimum absolute atomic E-state index is 0.0786. The fourth-order valence-corrected chi connectivity index (χ4v) is 1.12. The number of aromatic nitrogens is 2. The Morgan fingerprint density at radius 2 is 2.31 bits per heavy atom. The summed E-state index contributed by atoms with van der Waals surface area (Å²) in [5.74, 6) is -0.0847. The van der Waals surface area contributed by atoms with Crippen molar-refractivity contribution in [2.45, 2.75) is 6.42 Å². The van der Waals surface area contributed by atoms with E-state index in [1.807, 2.05) is 0 Å². The zero-order valence-electron chi connectivity index (χ0n) is 6.73. The summed E-state index contributed by atoms with van der Waals surface area (Å²) < 4.78 is 1.44. The average Bonchev–Trinajstić information content (AvgIpc) is 2.53. The Kier molecular flexibility index (Phi) is 1.70. The van der Waals surface area contributed by atoms with Gasteiger partial charge in [0.25, 0.3) is 0 Å². The number of carbonyl (C=O) groups excluding carboxylic acids is 2. The third-order valence-corrected chi connectivity index (χ3v) is 1.65. The molecule has 5 heteroatoms. The molecule has 0 bridgehead atoms. The molecule has 0 aromatic carbocycles. The zero-order chi connectivity index (χ0) is 9.26. The number of hydrogen-bond donors (Lipinski definition) is 1. The van der Waals surface area contributed by atoms with E-state index in [1.54, 1.807) is 18.5 Å². The Hall–Kier alpha value is -1.91. The highest BCUT2D eigenvalue weighted by Crippen LogP contribution is 2.05. The summed E-state index contributed by atoms with van der Waals surface area (Å²) in [7, 11) is 0. The van der Waals surface area contributed by atoms with Crippen molar-refractivity contribution in [3.05, 3.63) is 24.5 Å². The number of hydrogen-bond acceptors (Lipinski definition) is 3. The van der Waals surface area contributed by atoms with Crippen molar-refractivity contribution >= 4 is 17.5 Å². The molecule has 1 aliphatic rings. The summed E-state index contributed by atoms with van der Waals surface area (Å²) >= 11 is 0. The van der Waals surface area contributed by atoms with E-state index < -0.39 is 0 Å². The van der Waals surface area contributed by atoms with Crippen molar-refractivity contribution in [1.29, 1.82) is 0 Å². The average molecular weight is 177 g/mol. The van der Waals surface area contributed by atoms with Crippen LogP contribution >= 0.6 is 0 Å². The lowest BCUT2D eigenvalue weighted by molar-refractivity contribution is -0.126. The predicted octanol–water partition coefficient (Wildman–Crippen LogP) is -0.230. The van der Waals surface area contributed by atoms with Gasteiger partial charge in [-0.3, -0.25) is 9.59 Å². The predicted molar refractivity (Wildman–Crippen MR) is 44.3 cm³/mol. The fourth-order valence-electron chi connectivity index (χ4n) is 1.12. The van der Waals surface area contributed by atoms with Crippen LogP contribution in [0.1, 0.15) is 6.42 Å². The summed E-state index contributed by atoms with van der Waals surface area (Å²) in [5, 5.41) is 6.44. The molecule has 1 aromatic rings. The maximum Gasteiger partial charge on any atom is 0.233 e. The van der Waals surface area contributed by atoms with E-state index >= 15 is 0 Å². The van der Waals surface area contributed by atoms with Crippen molar-refractivity contribution in [2.24, 2.45) is 0 Å². The number of amides is 1. The molecule has 13 heavy (non-hydrogen) atoms. The summed E-state index contributed by atoms with van der Waals surface area (Å²) in [4.78, 5) is 22.0. The van der Waals surface area contributed by atoms with Crippen molar-refractivity contribution in [3.63, 3.8) is 0 Å². The van der Waals surface area contributed by atoms with Gasteiger partial charge in [0.1, 0.15) is 5.82 Å². The smallest absolute Gasteiger partial charge is 0.233 e. The first-order chi connectivity index (χ1) is 6.25. The topological polar surface area (TPSA) is 64.0 Å². The van der Waals surface area contributed by atoms with Gasteiger partial charge >= 0.3 is 0 Å². The number of nitrogens with one attached hydrogen (secondary N) is 1. The molecule has 0 radical (unpaired) electrons. The van der Waals surface area contributed by atoms with Crippen molar-refractivity contribution < 1.29 is 9.59 Å². The Morgan fingerprint density at radius 3 is 2.92 bits per heavy atom. The van der Waals surface area contributed by atoms with Crippen LogP contribution in [0.15, 0.2) is 24.5 Å². The number of allylic oxidation sites excluding steroid dienone is 1. The first-order valence-electron chi connectivity index (χ1n) is 3.80. The molecule has 0 aliphatic carbocycles. The second-order valence-corrected chi connectivity index (χ2v) is 2.67. The molecule has 0 spiro atoms. The van der Waals surface area contributed by atoms with Crippen molar-refractivity contribution in [1.82, 2.24) is 15.1 Å². The summed E-state index contributed by atoms with van der Waals surface area (Å²) in [5.41, 5.74) is 0. The standard InChI is InChI=1S/C8H7N3O2/c12-6-4-7(10-8(13)5-6)11-3-1-2-9-11/h1-4H,5H2,(H,10,13). The third-order valence-electron chi connectivity index (χ3n) is 1.65. The normalized spacial score (nSPS) is 16.8. The molecule has 0 saturated carbocycles. The van der Waals surface area contributed by atoms with E-state index in [0.717, 1.165) is 0 Å². The SMILES string of the molecule is O=C1C=C(n2cccn2)NC(=O)C1. The Labute approximate surface area is 74.0 Å². The Morgan fingerprint density at radius 1 is 1.46 bits per heavy atom. The lowest BCUT2D eigenvalue weighted by atomic mass is 10.2. The third kappa shape index (κ3) is 1.48. The van der Waals surface area contributed by atoms with Crippen LogP contribution in [0.3, 0.4) is 0 Å². The Bertz CT molecular complexity index is 378. The lowest BCUT2D eigenvalue weighted by Crippen LogP contribution is -2.31. The highest BCUT2D eigenvalue weighted by molar-refractivity contribution is 6.11. The quantitative estimate of drug-likeness (QED) is 0.602. The van der Waals surface area contributed by atoms with Crippen molar-refractivity contribution in [2.75, 3.05) is 0 Å². The van der Waals surface area contributed by atoms with Gasteiger partial charge in [0, 0.05) is 18.5 Å². The van der Waals surface area contributed by atoms with Gasteiger partial charge in [0.05, 0.1) is 6.42 Å². The number of rotatable bonds is 1. The van der Waals surface area contributed by atoms with E-state index in [4.69, 9.17) is 0 Å². The lowest BCUT2D eigenvalue weighted by Gasteiger charge is -2.12. The molecule has 0 atom stereocenters. The van der Waals surface area contributed by atoms with Crippen LogP contribution in [0.25, 0.3) is 5.82 Å². The van der Waals surface area contributed by atoms with Crippen LogP contribution in [0.2, 0.25) is 0 Å². The second-order valence-electron chi connectivity index (χ2n) is 2.67. The van der Waals surface area contributed by atoms with E-state index in [-0.39, 0.29) is 18.1 Å².